The number of aromatic amines is 3. The summed E-state index contributed by atoms with van der Waals surface area (Å²) in [5.74, 6) is -1.39. The molecular formula is C50H64N4O6. The van der Waals surface area contributed by atoms with E-state index in [1.807, 2.05) is 45.1 Å². The van der Waals surface area contributed by atoms with E-state index >= 15 is 0 Å². The van der Waals surface area contributed by atoms with Crippen molar-refractivity contribution in [3.8, 4) is 0 Å². The van der Waals surface area contributed by atoms with Gasteiger partial charge in [0.1, 0.15) is 12.5 Å². The van der Waals surface area contributed by atoms with Gasteiger partial charge >= 0.3 is 11.9 Å². The van der Waals surface area contributed by atoms with Crippen LogP contribution in [-0.4, -0.2) is 52.7 Å². The van der Waals surface area contributed by atoms with E-state index in [4.69, 9.17) is 9.47 Å². The molecule has 0 radical (unpaired) electrons. The first-order chi connectivity index (χ1) is 28.7. The molecule has 0 saturated carbocycles. The maximum absolute atomic E-state index is 14.4. The fraction of sp³-hybridized carbons (Fsp3) is 0.480. The molecule has 3 aromatic rings. The number of H-pyrrole nitrogens is 3. The highest BCUT2D eigenvalue weighted by Crippen LogP contribution is 2.48. The topological polar surface area (TPSA) is 146 Å². The first-order valence-corrected chi connectivity index (χ1v) is 21.9. The van der Waals surface area contributed by atoms with E-state index < -0.39 is 11.9 Å². The van der Waals surface area contributed by atoms with Crippen molar-refractivity contribution < 1.29 is 28.7 Å². The summed E-state index contributed by atoms with van der Waals surface area (Å²) in [4.78, 5) is 64.4. The molecule has 320 valence electrons. The van der Waals surface area contributed by atoms with Crippen molar-refractivity contribution in [2.45, 2.75) is 113 Å². The van der Waals surface area contributed by atoms with Crippen molar-refractivity contribution in [2.24, 2.45) is 29.6 Å². The Balaban J connectivity index is 1.35. The number of aldehydes is 1. The molecule has 4 N–H and O–H groups in total. The summed E-state index contributed by atoms with van der Waals surface area (Å²) in [6, 6.07) is 0. The van der Waals surface area contributed by atoms with Crippen molar-refractivity contribution in [2.75, 3.05) is 13.7 Å². The van der Waals surface area contributed by atoms with Gasteiger partial charge < -0.3 is 29.7 Å². The fourth-order valence-electron chi connectivity index (χ4n) is 9.42. The minimum absolute atomic E-state index is 0.132. The van der Waals surface area contributed by atoms with Crippen molar-refractivity contribution in [1.82, 2.24) is 20.3 Å². The van der Waals surface area contributed by atoms with Gasteiger partial charge in [0.05, 0.1) is 18.2 Å². The second-order valence-electron chi connectivity index (χ2n) is 17.6. The Labute approximate surface area is 354 Å². The van der Waals surface area contributed by atoms with Crippen molar-refractivity contribution in [3.05, 3.63) is 96.5 Å². The molecule has 1 fully saturated rings. The van der Waals surface area contributed by atoms with Gasteiger partial charge in [-0.1, -0.05) is 78.5 Å². The van der Waals surface area contributed by atoms with Gasteiger partial charge in [0.25, 0.3) is 0 Å². The van der Waals surface area contributed by atoms with Crippen molar-refractivity contribution >= 4 is 53.9 Å². The average Bonchev–Trinajstić information content (AvgIpc) is 3.96. The molecule has 4 atom stereocenters. The summed E-state index contributed by atoms with van der Waals surface area (Å²) >= 11 is 0. The lowest BCUT2D eigenvalue weighted by molar-refractivity contribution is -0.143. The van der Waals surface area contributed by atoms with Crippen LogP contribution in [-0.2, 0) is 25.5 Å². The van der Waals surface area contributed by atoms with Gasteiger partial charge in [0, 0.05) is 74.3 Å². The van der Waals surface area contributed by atoms with Crippen molar-refractivity contribution in [3.63, 3.8) is 0 Å². The molecule has 3 aliphatic rings. The normalized spacial score (nSPS) is 22.0. The number of nitrogens with one attached hydrogen (secondary N) is 4. The number of hydrogen-bond acceptors (Lipinski definition) is 7. The summed E-state index contributed by atoms with van der Waals surface area (Å²) < 4.78 is 11.0. The third-order valence-electron chi connectivity index (χ3n) is 13.0. The van der Waals surface area contributed by atoms with Crippen LogP contribution >= 0.6 is 0 Å². The van der Waals surface area contributed by atoms with E-state index in [0.717, 1.165) is 64.2 Å². The molecule has 0 amide bonds. The number of esters is 2. The summed E-state index contributed by atoms with van der Waals surface area (Å²) in [7, 11) is 1.30. The number of ether oxygens (including phenoxy) is 2. The molecule has 1 saturated heterocycles. The SMILES string of the molecule is C=Cc1c2[nH]c(c1C)/C=C1/N/C(=C3\c4[nH]c(c(C)c4C(=O)[C@@H]3C(=O)OC)/C=c3\[nH]/c(c(C=O)c3CC)=C\2)[C@@H](CCC(=O)OC/C=C(\C)CCC[C@@H](C)CCCC(C)C)[C@@H]1C. The van der Waals surface area contributed by atoms with Gasteiger partial charge in [-0.3, -0.25) is 19.2 Å². The van der Waals surface area contributed by atoms with Gasteiger partial charge in [0.2, 0.25) is 0 Å². The zero-order valence-electron chi connectivity index (χ0n) is 37.1. The number of methoxy groups -OCH3 is 1. The lowest BCUT2D eigenvalue weighted by Gasteiger charge is -2.19. The zero-order valence-corrected chi connectivity index (χ0v) is 37.1. The molecule has 8 bridgehead atoms. The smallest absolute Gasteiger partial charge is 0.321 e. The highest BCUT2D eigenvalue weighted by atomic mass is 16.5. The van der Waals surface area contributed by atoms with Crippen molar-refractivity contribution in [1.29, 1.82) is 0 Å². The monoisotopic (exact) mass is 816 g/mol. The van der Waals surface area contributed by atoms with Crippen LogP contribution in [0.25, 0.3) is 29.9 Å². The summed E-state index contributed by atoms with van der Waals surface area (Å²) in [5, 5.41) is 5.07. The second-order valence-corrected chi connectivity index (χ2v) is 17.6. The molecule has 60 heavy (non-hydrogen) atoms. The van der Waals surface area contributed by atoms with Crippen LogP contribution in [0.1, 0.15) is 159 Å². The lowest BCUT2D eigenvalue weighted by Crippen LogP contribution is -2.25. The Hall–Kier alpha value is -5.38. The molecule has 1 aliphatic carbocycles. The minimum Gasteiger partial charge on any atom is -0.468 e. The maximum Gasteiger partial charge on any atom is 0.321 e. The molecule has 3 aromatic heterocycles. The third kappa shape index (κ3) is 8.89. The van der Waals surface area contributed by atoms with Crippen LogP contribution < -0.4 is 16.0 Å². The van der Waals surface area contributed by atoms with Crippen LogP contribution in [0.2, 0.25) is 0 Å². The lowest BCUT2D eigenvalue weighted by atomic mass is 9.85. The second kappa shape index (κ2) is 18.9. The average molecular weight is 817 g/mol. The molecule has 0 spiro atoms. The number of rotatable bonds is 17. The summed E-state index contributed by atoms with van der Waals surface area (Å²) in [6.45, 7) is 21.3. The number of allylic oxidation sites excluding steroid dienone is 3. The zero-order chi connectivity index (χ0) is 43.4. The maximum atomic E-state index is 14.4. The number of hydrogen-bond donors (Lipinski definition) is 4. The van der Waals surface area contributed by atoms with E-state index in [1.54, 1.807) is 0 Å². The number of Topliss-reactive ketones (excluding diaryl/α,β-unsaturated/α-hetero) is 1. The van der Waals surface area contributed by atoms with E-state index in [9.17, 15) is 19.2 Å². The number of carbonyl (C=O) groups is 4. The Morgan fingerprint density at radius 1 is 0.917 bits per heavy atom. The Morgan fingerprint density at radius 2 is 1.63 bits per heavy atom. The fourth-order valence-corrected chi connectivity index (χ4v) is 9.42. The largest absolute Gasteiger partial charge is 0.468 e. The minimum atomic E-state index is -1.19. The van der Waals surface area contributed by atoms with E-state index in [-0.39, 0.29) is 36.6 Å². The standard InChI is InChI=1S/C50H64N4O6/c1-11-33-30(7)37-23-38-31(8)35(19-20-43(56)60-22-21-29(6)18-14-17-28(5)16-13-15-27(3)4)47(53-38)45-46(50(58)59-10)49(57)44-32(9)39(54-48(44)45)24-41-34(12-2)36(26-55)42(52-41)25-40(33)51-37/h11,21,23-28,31,35,46,51-54H,1,12-20,22H2,2-10H3/b29-21+,38-23+,41-24-,42-25-,47-45-/t28-,31-,35-,46+/m0/s1. The predicted octanol–water partition coefficient (Wildman–Crippen LogP) is 8.77. The molecule has 5 heterocycles. The van der Waals surface area contributed by atoms with E-state index in [1.165, 1.54) is 38.4 Å². The first kappa shape index (κ1) is 44.2. The van der Waals surface area contributed by atoms with Gasteiger partial charge in [-0.25, -0.2) is 0 Å². The van der Waals surface area contributed by atoms with E-state index in [2.05, 4.69) is 67.5 Å². The van der Waals surface area contributed by atoms with Gasteiger partial charge in [-0.15, -0.1) is 0 Å². The van der Waals surface area contributed by atoms with Gasteiger partial charge in [-0.2, -0.15) is 0 Å². The van der Waals surface area contributed by atoms with Gasteiger partial charge in [0.15, 0.2) is 12.1 Å². The van der Waals surface area contributed by atoms with Crippen LogP contribution in [0, 0.1) is 43.4 Å². The van der Waals surface area contributed by atoms with Crippen LogP contribution in [0.5, 0.6) is 0 Å². The number of carbonyl (C=O) groups excluding carboxylic acids is 4. The predicted molar refractivity (Wildman–Crippen MR) is 239 cm³/mol. The Bertz CT molecular complexity index is 2390. The number of aromatic nitrogens is 3. The van der Waals surface area contributed by atoms with Gasteiger partial charge in [-0.05, 0) is 99.3 Å². The summed E-state index contributed by atoms with van der Waals surface area (Å²) in [5.41, 5.74) is 10.6. The molecule has 0 unspecified atom stereocenters. The number of fused-ring (bicyclic) bond motifs is 7. The highest BCUT2D eigenvalue weighted by molar-refractivity contribution is 6.24. The quantitative estimate of drug-likeness (QED) is 0.0461. The molecule has 0 aromatic carbocycles. The first-order valence-electron chi connectivity index (χ1n) is 21.9. The Morgan fingerprint density at radius 3 is 2.32 bits per heavy atom. The third-order valence-corrected chi connectivity index (χ3v) is 13.0. The molecule has 10 heteroatoms. The van der Waals surface area contributed by atoms with E-state index in [0.29, 0.717) is 63.5 Å². The highest BCUT2D eigenvalue weighted by Gasteiger charge is 2.48. The Kier molecular flexibility index (Phi) is 13.9. The molecule has 10 nitrogen and oxygen atoms in total. The molecule has 2 aliphatic heterocycles. The van der Waals surface area contributed by atoms with Crippen LogP contribution in [0.4, 0.5) is 0 Å². The summed E-state index contributed by atoms with van der Waals surface area (Å²) in [6.07, 6.45) is 19.0. The van der Waals surface area contributed by atoms with Crippen LogP contribution in [0.15, 0.2) is 29.6 Å². The molecular weight excluding hydrogens is 753 g/mol. The number of ketones is 1. The van der Waals surface area contributed by atoms with Crippen LogP contribution in [0.3, 0.4) is 0 Å². The molecule has 6 rings (SSSR count).